The van der Waals surface area contributed by atoms with Crippen molar-refractivity contribution in [2.24, 2.45) is 0 Å². The predicted molar refractivity (Wildman–Crippen MR) is 95.4 cm³/mol. The largest absolute Gasteiger partial charge is 0.444 e. The molecule has 0 saturated heterocycles. The molecular formula is C19H22N2O3. The van der Waals surface area contributed by atoms with Gasteiger partial charge in [0.25, 0.3) is 5.91 Å². The summed E-state index contributed by atoms with van der Waals surface area (Å²) >= 11 is 0. The van der Waals surface area contributed by atoms with Crippen LogP contribution in [0.1, 0.15) is 36.7 Å². The number of ether oxygens (including phenoxy) is 1. The quantitative estimate of drug-likeness (QED) is 0.866. The molecule has 2 amide bonds. The van der Waals surface area contributed by atoms with Crippen LogP contribution in [0.15, 0.2) is 48.5 Å². The van der Waals surface area contributed by atoms with Crippen molar-refractivity contribution < 1.29 is 14.3 Å². The number of hydrogen-bond acceptors (Lipinski definition) is 3. The molecule has 0 fully saturated rings. The molecule has 2 N–H and O–H groups in total. The third-order valence-electron chi connectivity index (χ3n) is 3.16. The molecule has 0 unspecified atom stereocenters. The van der Waals surface area contributed by atoms with Crippen LogP contribution < -0.4 is 10.6 Å². The van der Waals surface area contributed by atoms with E-state index in [0.717, 1.165) is 11.3 Å². The standard InChI is InChI=1S/C19H22N2O3/c1-13-8-5-6-11-16(13)21-17(22)14-9-7-10-15(12-14)20-18(23)24-19(2,3)4/h5-12H,1-4H3,(H,20,23)(H,21,22). The molecule has 0 aliphatic carbocycles. The Morgan fingerprint density at radius 1 is 0.958 bits per heavy atom. The van der Waals surface area contributed by atoms with E-state index in [-0.39, 0.29) is 5.91 Å². The monoisotopic (exact) mass is 326 g/mol. The highest BCUT2D eigenvalue weighted by Gasteiger charge is 2.16. The van der Waals surface area contributed by atoms with Crippen molar-refractivity contribution in [2.75, 3.05) is 10.6 Å². The predicted octanol–water partition coefficient (Wildman–Crippen LogP) is 4.59. The van der Waals surface area contributed by atoms with Crippen molar-refractivity contribution in [3.63, 3.8) is 0 Å². The third kappa shape index (κ3) is 5.12. The number of amides is 2. The summed E-state index contributed by atoms with van der Waals surface area (Å²) in [5.74, 6) is -0.239. The molecule has 2 aromatic carbocycles. The van der Waals surface area contributed by atoms with Crippen LogP contribution in [0, 0.1) is 6.92 Å². The molecule has 24 heavy (non-hydrogen) atoms. The van der Waals surface area contributed by atoms with Crippen LogP contribution in [0.2, 0.25) is 0 Å². The summed E-state index contributed by atoms with van der Waals surface area (Å²) in [5.41, 5.74) is 2.11. The lowest BCUT2D eigenvalue weighted by atomic mass is 10.1. The molecule has 0 aliphatic rings. The van der Waals surface area contributed by atoms with Gasteiger partial charge in [-0.05, 0) is 57.5 Å². The zero-order valence-corrected chi connectivity index (χ0v) is 14.3. The number of carbonyl (C=O) groups excluding carboxylic acids is 2. The van der Waals surface area contributed by atoms with E-state index in [1.54, 1.807) is 45.0 Å². The van der Waals surface area contributed by atoms with Crippen LogP contribution in [0.5, 0.6) is 0 Å². The van der Waals surface area contributed by atoms with Gasteiger partial charge in [-0.15, -0.1) is 0 Å². The van der Waals surface area contributed by atoms with Crippen molar-refractivity contribution in [2.45, 2.75) is 33.3 Å². The molecule has 0 aromatic heterocycles. The zero-order valence-electron chi connectivity index (χ0n) is 14.3. The van der Waals surface area contributed by atoms with Gasteiger partial charge in [0.05, 0.1) is 0 Å². The van der Waals surface area contributed by atoms with E-state index < -0.39 is 11.7 Å². The van der Waals surface area contributed by atoms with Crippen LogP contribution in [0.4, 0.5) is 16.2 Å². The van der Waals surface area contributed by atoms with Gasteiger partial charge in [0, 0.05) is 16.9 Å². The van der Waals surface area contributed by atoms with Crippen molar-refractivity contribution >= 4 is 23.4 Å². The van der Waals surface area contributed by atoms with Gasteiger partial charge in [-0.1, -0.05) is 24.3 Å². The number of hydrogen-bond donors (Lipinski definition) is 2. The Bertz CT molecular complexity index is 748. The van der Waals surface area contributed by atoms with Crippen LogP contribution >= 0.6 is 0 Å². The molecular weight excluding hydrogens is 304 g/mol. The molecule has 0 heterocycles. The first kappa shape index (κ1) is 17.5. The highest BCUT2D eigenvalue weighted by atomic mass is 16.6. The molecule has 2 aromatic rings. The number of carbonyl (C=O) groups is 2. The summed E-state index contributed by atoms with van der Waals surface area (Å²) in [5, 5.41) is 5.49. The van der Waals surface area contributed by atoms with Gasteiger partial charge < -0.3 is 10.1 Å². The van der Waals surface area contributed by atoms with Gasteiger partial charge in [-0.3, -0.25) is 10.1 Å². The van der Waals surface area contributed by atoms with Crippen molar-refractivity contribution in [1.82, 2.24) is 0 Å². The number of para-hydroxylation sites is 1. The lowest BCUT2D eigenvalue weighted by Crippen LogP contribution is -2.27. The fourth-order valence-corrected chi connectivity index (χ4v) is 2.07. The Balaban J connectivity index is 2.08. The first-order valence-corrected chi connectivity index (χ1v) is 7.72. The Labute approximate surface area is 142 Å². The van der Waals surface area contributed by atoms with Crippen LogP contribution in [0.3, 0.4) is 0 Å². The molecule has 2 rings (SSSR count). The number of benzene rings is 2. The summed E-state index contributed by atoms with van der Waals surface area (Å²) < 4.78 is 5.20. The molecule has 5 nitrogen and oxygen atoms in total. The molecule has 0 radical (unpaired) electrons. The van der Waals surface area contributed by atoms with Gasteiger partial charge in [0.2, 0.25) is 0 Å². The minimum absolute atomic E-state index is 0.239. The molecule has 5 heteroatoms. The summed E-state index contributed by atoms with van der Waals surface area (Å²) in [7, 11) is 0. The lowest BCUT2D eigenvalue weighted by molar-refractivity contribution is 0.0635. The van der Waals surface area contributed by atoms with Crippen LogP contribution in [-0.4, -0.2) is 17.6 Å². The molecule has 0 bridgehead atoms. The fraction of sp³-hybridized carbons (Fsp3) is 0.263. The van der Waals surface area contributed by atoms with E-state index in [1.807, 2.05) is 31.2 Å². The number of rotatable bonds is 3. The Morgan fingerprint density at radius 2 is 1.67 bits per heavy atom. The Hall–Kier alpha value is -2.82. The van der Waals surface area contributed by atoms with E-state index in [0.29, 0.717) is 11.3 Å². The van der Waals surface area contributed by atoms with Gasteiger partial charge in [0.1, 0.15) is 5.60 Å². The number of nitrogens with one attached hydrogen (secondary N) is 2. The SMILES string of the molecule is Cc1ccccc1NC(=O)c1cccc(NC(=O)OC(C)(C)C)c1. The van der Waals surface area contributed by atoms with Gasteiger partial charge in [0.15, 0.2) is 0 Å². The summed E-state index contributed by atoms with van der Waals surface area (Å²) in [4.78, 5) is 24.2. The molecule has 0 saturated carbocycles. The first-order chi connectivity index (χ1) is 11.2. The van der Waals surface area contributed by atoms with E-state index in [9.17, 15) is 9.59 Å². The average Bonchev–Trinajstić information content (AvgIpc) is 2.48. The molecule has 0 atom stereocenters. The maximum atomic E-state index is 12.4. The number of aryl methyl sites for hydroxylation is 1. The Morgan fingerprint density at radius 3 is 2.33 bits per heavy atom. The second-order valence-corrected chi connectivity index (χ2v) is 6.48. The average molecular weight is 326 g/mol. The minimum atomic E-state index is -0.579. The summed E-state index contributed by atoms with van der Waals surface area (Å²) in [6.45, 7) is 7.30. The van der Waals surface area contributed by atoms with Crippen molar-refractivity contribution in [3.05, 3.63) is 59.7 Å². The summed E-state index contributed by atoms with van der Waals surface area (Å²) in [6, 6.07) is 14.3. The highest BCUT2D eigenvalue weighted by molar-refractivity contribution is 6.05. The van der Waals surface area contributed by atoms with Crippen molar-refractivity contribution in [1.29, 1.82) is 0 Å². The van der Waals surface area contributed by atoms with Crippen molar-refractivity contribution in [3.8, 4) is 0 Å². The fourth-order valence-electron chi connectivity index (χ4n) is 2.07. The second-order valence-electron chi connectivity index (χ2n) is 6.48. The van der Waals surface area contributed by atoms with Gasteiger partial charge >= 0.3 is 6.09 Å². The number of anilines is 2. The molecule has 0 spiro atoms. The topological polar surface area (TPSA) is 67.4 Å². The van der Waals surface area contributed by atoms with E-state index in [1.165, 1.54) is 0 Å². The van der Waals surface area contributed by atoms with Crippen LogP contribution in [0.25, 0.3) is 0 Å². The Kier molecular flexibility index (Phi) is 5.24. The molecule has 126 valence electrons. The van der Waals surface area contributed by atoms with E-state index in [2.05, 4.69) is 10.6 Å². The van der Waals surface area contributed by atoms with E-state index >= 15 is 0 Å². The minimum Gasteiger partial charge on any atom is -0.444 e. The van der Waals surface area contributed by atoms with Gasteiger partial charge in [-0.25, -0.2) is 4.79 Å². The summed E-state index contributed by atoms with van der Waals surface area (Å²) in [6.07, 6.45) is -0.557. The maximum absolute atomic E-state index is 12.4. The van der Waals surface area contributed by atoms with E-state index in [4.69, 9.17) is 4.74 Å². The third-order valence-corrected chi connectivity index (χ3v) is 3.16. The maximum Gasteiger partial charge on any atom is 0.412 e. The van der Waals surface area contributed by atoms with Gasteiger partial charge in [-0.2, -0.15) is 0 Å². The zero-order chi connectivity index (χ0) is 17.7. The normalized spacial score (nSPS) is 10.8. The molecule has 0 aliphatic heterocycles. The first-order valence-electron chi connectivity index (χ1n) is 7.72. The second kappa shape index (κ2) is 7.17. The highest BCUT2D eigenvalue weighted by Crippen LogP contribution is 2.17. The van der Waals surface area contributed by atoms with Crippen LogP contribution in [-0.2, 0) is 4.74 Å². The lowest BCUT2D eigenvalue weighted by Gasteiger charge is -2.19. The smallest absolute Gasteiger partial charge is 0.412 e.